The van der Waals surface area contributed by atoms with Gasteiger partial charge in [0, 0.05) is 38.2 Å². The van der Waals surface area contributed by atoms with Crippen LogP contribution in [0.1, 0.15) is 25.5 Å². The number of hydrogen-bond donors (Lipinski definition) is 1. The van der Waals surface area contributed by atoms with Gasteiger partial charge in [0.15, 0.2) is 0 Å². The van der Waals surface area contributed by atoms with Gasteiger partial charge in [-0.1, -0.05) is 6.92 Å². The Morgan fingerprint density at radius 1 is 1.17 bits per heavy atom. The zero-order valence-corrected chi connectivity index (χ0v) is 10.9. The minimum absolute atomic E-state index is 0.860. The van der Waals surface area contributed by atoms with E-state index in [9.17, 15) is 0 Å². The molecule has 1 N–H and O–H groups in total. The van der Waals surface area contributed by atoms with Crippen molar-refractivity contribution in [3.05, 3.63) is 36.9 Å². The van der Waals surface area contributed by atoms with E-state index >= 15 is 0 Å². The molecule has 0 aliphatic carbocycles. The third-order valence-corrected chi connectivity index (χ3v) is 2.88. The van der Waals surface area contributed by atoms with E-state index in [0.29, 0.717) is 0 Å². The Kier molecular flexibility index (Phi) is 4.96. The maximum absolute atomic E-state index is 4.37. The van der Waals surface area contributed by atoms with Crippen LogP contribution >= 0.6 is 0 Å². The maximum Gasteiger partial charge on any atom is 0.0949 e. The number of aromatic nitrogens is 4. The van der Waals surface area contributed by atoms with Crippen molar-refractivity contribution in [2.45, 2.75) is 39.4 Å². The lowest BCUT2D eigenvalue weighted by molar-refractivity contribution is 0.552. The summed E-state index contributed by atoms with van der Waals surface area (Å²) in [5.41, 5.74) is 1.12. The molecule has 0 bridgehead atoms. The summed E-state index contributed by atoms with van der Waals surface area (Å²) < 4.78 is 4.28. The number of aryl methyl sites for hydroxylation is 2. The molecule has 0 saturated heterocycles. The normalized spacial score (nSPS) is 10.9. The van der Waals surface area contributed by atoms with Gasteiger partial charge in [-0.15, -0.1) is 0 Å². The molecule has 0 aliphatic heterocycles. The van der Waals surface area contributed by atoms with Crippen LogP contribution < -0.4 is 5.32 Å². The average Bonchev–Trinajstić information content (AvgIpc) is 3.04. The van der Waals surface area contributed by atoms with Crippen LogP contribution in [0, 0.1) is 0 Å². The van der Waals surface area contributed by atoms with E-state index in [1.807, 2.05) is 25.0 Å². The number of imidazole rings is 2. The highest BCUT2D eigenvalue weighted by Crippen LogP contribution is 2.01. The van der Waals surface area contributed by atoms with Gasteiger partial charge >= 0.3 is 0 Å². The van der Waals surface area contributed by atoms with Crippen molar-refractivity contribution in [1.82, 2.24) is 24.4 Å². The van der Waals surface area contributed by atoms with E-state index in [1.54, 1.807) is 0 Å². The fourth-order valence-electron chi connectivity index (χ4n) is 1.88. The second-order valence-corrected chi connectivity index (χ2v) is 4.39. The molecule has 2 aromatic heterocycles. The third-order valence-electron chi connectivity index (χ3n) is 2.88. The summed E-state index contributed by atoms with van der Waals surface area (Å²) in [6, 6.07) is 0. The SMILES string of the molecule is CCNCc1cn(CCCCn2ccnc2)cn1. The topological polar surface area (TPSA) is 47.7 Å². The van der Waals surface area contributed by atoms with Crippen molar-refractivity contribution >= 4 is 0 Å². The van der Waals surface area contributed by atoms with Gasteiger partial charge in [-0.25, -0.2) is 9.97 Å². The van der Waals surface area contributed by atoms with Crippen molar-refractivity contribution in [1.29, 1.82) is 0 Å². The molecule has 18 heavy (non-hydrogen) atoms. The van der Waals surface area contributed by atoms with Crippen molar-refractivity contribution in [3.63, 3.8) is 0 Å². The highest BCUT2D eigenvalue weighted by atomic mass is 15.0. The number of nitrogens with one attached hydrogen (secondary N) is 1. The summed E-state index contributed by atoms with van der Waals surface area (Å²) in [6.45, 7) is 6.02. The lowest BCUT2D eigenvalue weighted by Crippen LogP contribution is -2.11. The van der Waals surface area contributed by atoms with Gasteiger partial charge in [0.25, 0.3) is 0 Å². The van der Waals surface area contributed by atoms with Gasteiger partial charge in [-0.2, -0.15) is 0 Å². The molecule has 0 saturated carbocycles. The Labute approximate surface area is 108 Å². The number of rotatable bonds is 8. The molecule has 0 spiro atoms. The van der Waals surface area contributed by atoms with E-state index < -0.39 is 0 Å². The third kappa shape index (κ3) is 4.00. The first kappa shape index (κ1) is 12.8. The Balaban J connectivity index is 1.65. The quantitative estimate of drug-likeness (QED) is 0.722. The number of hydrogen-bond acceptors (Lipinski definition) is 3. The number of nitrogens with zero attached hydrogens (tertiary/aromatic N) is 4. The van der Waals surface area contributed by atoms with Crippen LogP contribution in [-0.4, -0.2) is 25.6 Å². The predicted molar refractivity (Wildman–Crippen MR) is 71.1 cm³/mol. The molecule has 0 amide bonds. The summed E-state index contributed by atoms with van der Waals surface area (Å²) in [5.74, 6) is 0. The van der Waals surface area contributed by atoms with E-state index in [1.165, 1.54) is 0 Å². The molecule has 2 aromatic rings. The minimum atomic E-state index is 0.860. The van der Waals surface area contributed by atoms with Crippen molar-refractivity contribution in [2.24, 2.45) is 0 Å². The predicted octanol–water partition coefficient (Wildman–Crippen LogP) is 1.67. The molecule has 0 radical (unpaired) electrons. The van der Waals surface area contributed by atoms with Crippen LogP contribution in [0.2, 0.25) is 0 Å². The van der Waals surface area contributed by atoms with Crippen LogP contribution in [-0.2, 0) is 19.6 Å². The lowest BCUT2D eigenvalue weighted by atomic mass is 10.3. The van der Waals surface area contributed by atoms with Crippen LogP contribution in [0.15, 0.2) is 31.2 Å². The first-order valence-corrected chi connectivity index (χ1v) is 6.55. The first-order valence-electron chi connectivity index (χ1n) is 6.55. The fraction of sp³-hybridized carbons (Fsp3) is 0.538. The second-order valence-electron chi connectivity index (χ2n) is 4.39. The van der Waals surface area contributed by atoms with Gasteiger partial charge in [-0.3, -0.25) is 0 Å². The summed E-state index contributed by atoms with van der Waals surface area (Å²) in [7, 11) is 0. The Hall–Kier alpha value is -1.62. The zero-order chi connectivity index (χ0) is 12.6. The van der Waals surface area contributed by atoms with Crippen molar-refractivity contribution in [2.75, 3.05) is 6.54 Å². The van der Waals surface area contributed by atoms with Gasteiger partial charge in [-0.05, 0) is 19.4 Å². The Bertz CT molecular complexity index is 432. The summed E-state index contributed by atoms with van der Waals surface area (Å²) >= 11 is 0. The van der Waals surface area contributed by atoms with E-state index in [0.717, 1.165) is 44.7 Å². The fourth-order valence-corrected chi connectivity index (χ4v) is 1.88. The standard InChI is InChI=1S/C13H21N5/c1-2-14-9-13-10-18(12-16-13)7-4-3-6-17-8-5-15-11-17/h5,8,10-12,14H,2-4,6-7,9H2,1H3. The van der Waals surface area contributed by atoms with Gasteiger partial charge < -0.3 is 14.5 Å². The van der Waals surface area contributed by atoms with Gasteiger partial charge in [0.05, 0.1) is 18.3 Å². The van der Waals surface area contributed by atoms with E-state index in [4.69, 9.17) is 0 Å². The highest BCUT2D eigenvalue weighted by Gasteiger charge is 1.98. The molecular formula is C13H21N5. The Morgan fingerprint density at radius 2 is 2.00 bits per heavy atom. The highest BCUT2D eigenvalue weighted by molar-refractivity contribution is 4.95. The minimum Gasteiger partial charge on any atom is -0.337 e. The van der Waals surface area contributed by atoms with Gasteiger partial charge in [0.1, 0.15) is 0 Å². The van der Waals surface area contributed by atoms with Crippen LogP contribution in [0.4, 0.5) is 0 Å². The van der Waals surface area contributed by atoms with E-state index in [-0.39, 0.29) is 0 Å². The number of unbranched alkanes of at least 4 members (excludes halogenated alkanes) is 1. The molecule has 5 heteroatoms. The average molecular weight is 247 g/mol. The smallest absolute Gasteiger partial charge is 0.0949 e. The monoisotopic (exact) mass is 247 g/mol. The molecule has 0 aliphatic rings. The largest absolute Gasteiger partial charge is 0.337 e. The lowest BCUT2D eigenvalue weighted by Gasteiger charge is -2.03. The van der Waals surface area contributed by atoms with Crippen LogP contribution in [0.3, 0.4) is 0 Å². The van der Waals surface area contributed by atoms with Gasteiger partial charge in [0.2, 0.25) is 0 Å². The molecule has 2 rings (SSSR count). The molecular weight excluding hydrogens is 226 g/mol. The maximum atomic E-state index is 4.37. The summed E-state index contributed by atoms with van der Waals surface area (Å²) in [5, 5.41) is 3.28. The second kappa shape index (κ2) is 6.96. The molecule has 5 nitrogen and oxygen atoms in total. The Morgan fingerprint density at radius 3 is 2.72 bits per heavy atom. The molecule has 98 valence electrons. The molecule has 2 heterocycles. The van der Waals surface area contributed by atoms with Crippen molar-refractivity contribution in [3.8, 4) is 0 Å². The van der Waals surface area contributed by atoms with E-state index in [2.05, 4.69) is 37.5 Å². The molecule has 0 aromatic carbocycles. The molecule has 0 fully saturated rings. The molecule has 0 unspecified atom stereocenters. The van der Waals surface area contributed by atoms with Crippen LogP contribution in [0.5, 0.6) is 0 Å². The zero-order valence-electron chi connectivity index (χ0n) is 10.9. The van der Waals surface area contributed by atoms with Crippen LogP contribution in [0.25, 0.3) is 0 Å². The van der Waals surface area contributed by atoms with Crippen molar-refractivity contribution < 1.29 is 0 Å². The molecule has 0 atom stereocenters. The summed E-state index contributed by atoms with van der Waals surface area (Å²) in [6.07, 6.45) is 12.1. The summed E-state index contributed by atoms with van der Waals surface area (Å²) in [4.78, 5) is 8.40. The first-order chi connectivity index (χ1) is 8.88.